The maximum Gasteiger partial charge on any atom is 0.255 e. The lowest BCUT2D eigenvalue weighted by Crippen LogP contribution is -2.13. The van der Waals surface area contributed by atoms with E-state index in [4.69, 9.17) is 0 Å². The summed E-state index contributed by atoms with van der Waals surface area (Å²) in [5.41, 5.74) is 1.87. The smallest absolute Gasteiger partial charge is 0.255 e. The second-order valence-corrected chi connectivity index (χ2v) is 5.63. The number of benzene rings is 1. The van der Waals surface area contributed by atoms with Gasteiger partial charge in [0.05, 0.1) is 5.69 Å². The van der Waals surface area contributed by atoms with Gasteiger partial charge in [-0.2, -0.15) is 4.39 Å². The standard InChI is InChI=1S/C13H9Br2FN2O/c1-7-4-9(14)12(10(15)5-7)18-13(19)8-2-3-17-11(16)6-8/h2-6H,1H3,(H,18,19). The highest BCUT2D eigenvalue weighted by atomic mass is 79.9. The van der Waals surface area contributed by atoms with E-state index < -0.39 is 11.9 Å². The topological polar surface area (TPSA) is 42.0 Å². The number of hydrogen-bond acceptors (Lipinski definition) is 2. The predicted molar refractivity (Wildman–Crippen MR) is 78.7 cm³/mol. The van der Waals surface area contributed by atoms with Crippen LogP contribution in [0.5, 0.6) is 0 Å². The number of nitrogens with one attached hydrogen (secondary N) is 1. The summed E-state index contributed by atoms with van der Waals surface area (Å²) in [7, 11) is 0. The molecule has 0 saturated carbocycles. The summed E-state index contributed by atoms with van der Waals surface area (Å²) in [6.07, 6.45) is 1.25. The number of amides is 1. The van der Waals surface area contributed by atoms with Crippen LogP contribution < -0.4 is 5.32 Å². The molecule has 3 nitrogen and oxygen atoms in total. The third kappa shape index (κ3) is 3.39. The second kappa shape index (κ2) is 5.79. The van der Waals surface area contributed by atoms with E-state index in [9.17, 15) is 9.18 Å². The van der Waals surface area contributed by atoms with Crippen LogP contribution in [0, 0.1) is 12.9 Å². The molecule has 0 bridgehead atoms. The molecular weight excluding hydrogens is 379 g/mol. The molecule has 1 aromatic heterocycles. The summed E-state index contributed by atoms with van der Waals surface area (Å²) in [5.74, 6) is -1.08. The first kappa shape index (κ1) is 14.1. The molecule has 0 aliphatic heterocycles. The molecule has 0 aliphatic rings. The van der Waals surface area contributed by atoms with E-state index in [2.05, 4.69) is 42.2 Å². The maximum atomic E-state index is 13.0. The highest BCUT2D eigenvalue weighted by Crippen LogP contribution is 2.32. The Labute approximate surface area is 126 Å². The lowest BCUT2D eigenvalue weighted by atomic mass is 10.2. The fraction of sp³-hybridized carbons (Fsp3) is 0.0769. The van der Waals surface area contributed by atoms with Crippen LogP contribution in [0.4, 0.5) is 10.1 Å². The number of carbonyl (C=O) groups excluding carboxylic acids is 1. The fourth-order valence-corrected chi connectivity index (χ4v) is 3.16. The monoisotopic (exact) mass is 386 g/mol. The Morgan fingerprint density at radius 3 is 2.47 bits per heavy atom. The lowest BCUT2D eigenvalue weighted by Gasteiger charge is -2.10. The molecule has 0 radical (unpaired) electrons. The van der Waals surface area contributed by atoms with Gasteiger partial charge in [0.15, 0.2) is 0 Å². The Morgan fingerprint density at radius 2 is 1.89 bits per heavy atom. The Morgan fingerprint density at radius 1 is 1.26 bits per heavy atom. The minimum Gasteiger partial charge on any atom is -0.320 e. The number of aromatic nitrogens is 1. The zero-order valence-corrected chi connectivity index (χ0v) is 13.0. The third-order valence-corrected chi connectivity index (χ3v) is 3.66. The van der Waals surface area contributed by atoms with Crippen LogP contribution in [-0.4, -0.2) is 10.9 Å². The molecule has 2 rings (SSSR count). The van der Waals surface area contributed by atoms with Crippen molar-refractivity contribution in [2.45, 2.75) is 6.92 Å². The molecule has 19 heavy (non-hydrogen) atoms. The highest BCUT2D eigenvalue weighted by molar-refractivity contribution is 9.11. The molecule has 1 N–H and O–H groups in total. The lowest BCUT2D eigenvalue weighted by molar-refractivity contribution is 0.102. The van der Waals surface area contributed by atoms with Crippen molar-refractivity contribution in [2.24, 2.45) is 0 Å². The molecule has 0 unspecified atom stereocenters. The van der Waals surface area contributed by atoms with E-state index in [1.807, 2.05) is 19.1 Å². The Kier molecular flexibility index (Phi) is 4.31. The van der Waals surface area contributed by atoms with Crippen molar-refractivity contribution in [1.82, 2.24) is 4.98 Å². The number of anilines is 1. The predicted octanol–water partition coefficient (Wildman–Crippen LogP) is 4.31. The van der Waals surface area contributed by atoms with Crippen molar-refractivity contribution >= 4 is 43.5 Å². The van der Waals surface area contributed by atoms with E-state index in [0.717, 1.165) is 20.6 Å². The van der Waals surface area contributed by atoms with Gasteiger partial charge in [-0.1, -0.05) is 0 Å². The number of pyridine rings is 1. The van der Waals surface area contributed by atoms with Gasteiger partial charge in [-0.25, -0.2) is 4.98 Å². The zero-order valence-electron chi connectivity index (χ0n) is 9.88. The minimum atomic E-state index is -0.685. The molecule has 0 fully saturated rings. The summed E-state index contributed by atoms with van der Waals surface area (Å²) < 4.78 is 14.5. The molecule has 0 aliphatic carbocycles. The van der Waals surface area contributed by atoms with Gasteiger partial charge < -0.3 is 5.32 Å². The number of rotatable bonds is 2. The zero-order chi connectivity index (χ0) is 14.0. The van der Waals surface area contributed by atoms with Crippen LogP contribution in [0.2, 0.25) is 0 Å². The van der Waals surface area contributed by atoms with Crippen molar-refractivity contribution in [1.29, 1.82) is 0 Å². The summed E-state index contributed by atoms with van der Waals surface area (Å²) in [5, 5.41) is 2.72. The van der Waals surface area contributed by atoms with Gasteiger partial charge in [0.25, 0.3) is 5.91 Å². The van der Waals surface area contributed by atoms with Crippen molar-refractivity contribution < 1.29 is 9.18 Å². The van der Waals surface area contributed by atoms with Gasteiger partial charge in [0.2, 0.25) is 5.95 Å². The van der Waals surface area contributed by atoms with Gasteiger partial charge >= 0.3 is 0 Å². The van der Waals surface area contributed by atoms with Gasteiger partial charge in [-0.3, -0.25) is 4.79 Å². The largest absolute Gasteiger partial charge is 0.320 e. The van der Waals surface area contributed by atoms with Crippen LogP contribution in [0.25, 0.3) is 0 Å². The first-order chi connectivity index (χ1) is 8.97. The van der Waals surface area contributed by atoms with Crippen molar-refractivity contribution in [3.05, 3.63) is 56.5 Å². The molecule has 2 aromatic rings. The number of aryl methyl sites for hydroxylation is 1. The number of hydrogen-bond donors (Lipinski definition) is 1. The minimum absolute atomic E-state index is 0.215. The molecule has 6 heteroatoms. The van der Waals surface area contributed by atoms with E-state index >= 15 is 0 Å². The molecule has 98 valence electrons. The Balaban J connectivity index is 2.29. The third-order valence-electron chi connectivity index (χ3n) is 2.41. The molecular formula is C13H9Br2FN2O. The Bertz CT molecular complexity index is 623. The van der Waals surface area contributed by atoms with E-state index in [1.165, 1.54) is 12.3 Å². The SMILES string of the molecule is Cc1cc(Br)c(NC(=O)c2ccnc(F)c2)c(Br)c1. The van der Waals surface area contributed by atoms with Crippen LogP contribution in [0.1, 0.15) is 15.9 Å². The van der Waals surface area contributed by atoms with Crippen molar-refractivity contribution in [3.63, 3.8) is 0 Å². The number of nitrogens with zero attached hydrogens (tertiary/aromatic N) is 1. The first-order valence-electron chi connectivity index (χ1n) is 5.36. The van der Waals surface area contributed by atoms with Crippen LogP contribution in [-0.2, 0) is 0 Å². The average molecular weight is 388 g/mol. The van der Waals surface area contributed by atoms with Gasteiger partial charge in [-0.15, -0.1) is 0 Å². The molecule has 1 heterocycles. The second-order valence-electron chi connectivity index (χ2n) is 3.92. The van der Waals surface area contributed by atoms with Crippen molar-refractivity contribution in [2.75, 3.05) is 5.32 Å². The van der Waals surface area contributed by atoms with Gasteiger partial charge in [-0.05, 0) is 62.5 Å². The van der Waals surface area contributed by atoms with E-state index in [-0.39, 0.29) is 5.56 Å². The van der Waals surface area contributed by atoms with Crippen LogP contribution in [0.3, 0.4) is 0 Å². The van der Waals surface area contributed by atoms with Crippen LogP contribution in [0.15, 0.2) is 39.4 Å². The number of carbonyl (C=O) groups is 1. The van der Waals surface area contributed by atoms with E-state index in [1.54, 1.807) is 0 Å². The summed E-state index contributed by atoms with van der Waals surface area (Å²) in [6, 6.07) is 6.31. The van der Waals surface area contributed by atoms with E-state index in [0.29, 0.717) is 5.69 Å². The summed E-state index contributed by atoms with van der Waals surface area (Å²) in [6.45, 7) is 1.94. The summed E-state index contributed by atoms with van der Waals surface area (Å²) >= 11 is 6.76. The van der Waals surface area contributed by atoms with Crippen LogP contribution >= 0.6 is 31.9 Å². The number of halogens is 3. The van der Waals surface area contributed by atoms with Gasteiger partial charge in [0, 0.05) is 26.8 Å². The highest BCUT2D eigenvalue weighted by Gasteiger charge is 2.12. The Hall–Kier alpha value is -1.27. The molecule has 0 atom stereocenters. The summed E-state index contributed by atoms with van der Waals surface area (Å²) in [4.78, 5) is 15.4. The average Bonchev–Trinajstić information content (AvgIpc) is 2.33. The van der Waals surface area contributed by atoms with Gasteiger partial charge in [0.1, 0.15) is 0 Å². The van der Waals surface area contributed by atoms with Crippen molar-refractivity contribution in [3.8, 4) is 0 Å². The quantitative estimate of drug-likeness (QED) is 0.780. The molecule has 0 saturated heterocycles. The maximum absolute atomic E-state index is 13.0. The fourth-order valence-electron chi connectivity index (χ4n) is 1.55. The molecule has 0 spiro atoms. The molecule has 1 aromatic carbocycles. The molecule has 1 amide bonds. The normalized spacial score (nSPS) is 10.3. The first-order valence-corrected chi connectivity index (χ1v) is 6.94.